The minimum atomic E-state index is -3.12. The van der Waals surface area contributed by atoms with Gasteiger partial charge in [-0.2, -0.15) is 5.26 Å². The van der Waals surface area contributed by atoms with Crippen molar-refractivity contribution < 1.29 is 27.7 Å². The van der Waals surface area contributed by atoms with Crippen LogP contribution in [0.25, 0.3) is 22.3 Å². The van der Waals surface area contributed by atoms with Gasteiger partial charge in [0.05, 0.1) is 29.4 Å². The van der Waals surface area contributed by atoms with Crippen molar-refractivity contribution in [2.75, 3.05) is 11.4 Å². The fourth-order valence-corrected chi connectivity index (χ4v) is 5.41. The van der Waals surface area contributed by atoms with Gasteiger partial charge in [-0.15, -0.1) is 0 Å². The molecule has 1 heterocycles. The van der Waals surface area contributed by atoms with Crippen molar-refractivity contribution in [3.63, 3.8) is 0 Å². The highest BCUT2D eigenvalue weighted by Gasteiger charge is 2.30. The van der Waals surface area contributed by atoms with Crippen molar-refractivity contribution >= 4 is 57.6 Å². The Kier molecular flexibility index (Phi) is 7.38. The monoisotopic (exact) mass is 563 g/mol. The van der Waals surface area contributed by atoms with Gasteiger partial charge < -0.3 is 19.8 Å². The van der Waals surface area contributed by atoms with Crippen molar-refractivity contribution in [2.45, 2.75) is 25.3 Å². The third kappa shape index (κ3) is 5.24. The Morgan fingerprint density at radius 2 is 1.90 bits per heavy atom. The van der Waals surface area contributed by atoms with Gasteiger partial charge in [0.2, 0.25) is 10.9 Å². The second kappa shape index (κ2) is 10.7. The summed E-state index contributed by atoms with van der Waals surface area (Å²) in [5, 5.41) is 32.3. The summed E-state index contributed by atoms with van der Waals surface area (Å²) in [5.74, 6) is 0.278. The quantitative estimate of drug-likeness (QED) is 0.190. The van der Waals surface area contributed by atoms with Gasteiger partial charge in [-0.25, -0.2) is 8.42 Å². The number of nitrogens with zero attached hydrogens (tertiary/aromatic N) is 2. The number of amides is 1. The Bertz CT molecular complexity index is 1700. The highest BCUT2D eigenvalue weighted by atomic mass is 35.5. The van der Waals surface area contributed by atoms with Crippen molar-refractivity contribution in [2.24, 2.45) is 0 Å². The van der Waals surface area contributed by atoms with E-state index in [0.717, 1.165) is 22.7 Å². The smallest absolute Gasteiger partial charge is 0.455 e. The predicted octanol–water partition coefficient (Wildman–Crippen LogP) is 3.07. The van der Waals surface area contributed by atoms with Crippen LogP contribution in [0.2, 0.25) is 5.02 Å². The van der Waals surface area contributed by atoms with Crippen LogP contribution < -0.4 is 15.1 Å². The van der Waals surface area contributed by atoms with Crippen LogP contribution in [-0.4, -0.2) is 38.5 Å². The summed E-state index contributed by atoms with van der Waals surface area (Å²) in [6.07, 6.45) is 1.86. The van der Waals surface area contributed by atoms with E-state index in [-0.39, 0.29) is 35.1 Å². The summed E-state index contributed by atoms with van der Waals surface area (Å²) in [5.41, 5.74) is 3.24. The SMILES string of the molecule is CNC(=O)c1c(-c2ccc(Cl)cc2)oc2cc(CN(c3ccc(B(O)O)c(C#N)c3)[SH](=O)=O)c(C3CC3)cc12. The van der Waals surface area contributed by atoms with E-state index in [0.29, 0.717) is 38.4 Å². The van der Waals surface area contributed by atoms with Crippen LogP contribution in [0.5, 0.6) is 0 Å². The number of carbonyl (C=O) groups excluding carboxylic acids is 1. The summed E-state index contributed by atoms with van der Waals surface area (Å²) in [4.78, 5) is 13.0. The van der Waals surface area contributed by atoms with E-state index in [1.165, 1.54) is 18.2 Å². The van der Waals surface area contributed by atoms with Crippen LogP contribution in [0, 0.1) is 11.3 Å². The number of furan rings is 1. The fourth-order valence-electron chi connectivity index (χ4n) is 4.70. The lowest BCUT2D eigenvalue weighted by atomic mass is 9.77. The van der Waals surface area contributed by atoms with Crippen molar-refractivity contribution in [1.82, 2.24) is 5.32 Å². The number of anilines is 1. The van der Waals surface area contributed by atoms with Gasteiger partial charge in [0.1, 0.15) is 11.3 Å². The first-order chi connectivity index (χ1) is 18.7. The Labute approximate surface area is 231 Å². The van der Waals surface area contributed by atoms with Crippen LogP contribution in [0.3, 0.4) is 0 Å². The minimum Gasteiger partial charge on any atom is -0.455 e. The number of thiol groups is 1. The highest BCUT2D eigenvalue weighted by molar-refractivity contribution is 7.74. The molecule has 0 spiro atoms. The van der Waals surface area contributed by atoms with Crippen LogP contribution >= 0.6 is 11.6 Å². The number of benzene rings is 3. The van der Waals surface area contributed by atoms with E-state index in [4.69, 9.17) is 16.0 Å². The average molecular weight is 564 g/mol. The number of nitrogens with one attached hydrogen (secondary N) is 1. The van der Waals surface area contributed by atoms with Gasteiger partial charge >= 0.3 is 7.12 Å². The number of nitriles is 1. The Morgan fingerprint density at radius 1 is 1.18 bits per heavy atom. The molecule has 0 radical (unpaired) electrons. The number of rotatable bonds is 8. The summed E-state index contributed by atoms with van der Waals surface area (Å²) < 4.78 is 32.1. The fraction of sp³-hybridized carbons (Fsp3) is 0.185. The number of carbonyl (C=O) groups is 1. The molecule has 12 heteroatoms. The van der Waals surface area contributed by atoms with E-state index >= 15 is 0 Å². The lowest BCUT2D eigenvalue weighted by Gasteiger charge is -2.21. The second-order valence-corrected chi connectivity index (χ2v) is 10.7. The van der Waals surface area contributed by atoms with E-state index in [1.807, 2.05) is 12.1 Å². The molecule has 1 fully saturated rings. The van der Waals surface area contributed by atoms with Gasteiger partial charge in [-0.1, -0.05) is 17.7 Å². The standard InChI is InChI=1S/C27H23BClN3O6S/c1-31-27(33)25-22-12-21(15-2-3-15)18(11-24(22)38-26(25)16-4-6-19(29)7-5-16)14-32(39(36)37)20-8-9-23(28(34)35)17(10-20)13-30/h4-12,15,34-35,39H,2-3,14H2,1H3,(H,31,33). The normalized spacial score (nSPS) is 12.9. The first-order valence-electron chi connectivity index (χ1n) is 12.1. The van der Waals surface area contributed by atoms with E-state index in [2.05, 4.69) is 5.32 Å². The van der Waals surface area contributed by atoms with Gasteiger partial charge in [0.25, 0.3) is 5.91 Å². The maximum Gasteiger partial charge on any atom is 0.489 e. The zero-order valence-electron chi connectivity index (χ0n) is 20.7. The van der Waals surface area contributed by atoms with Gasteiger partial charge in [0, 0.05) is 23.0 Å². The molecule has 1 aliphatic carbocycles. The van der Waals surface area contributed by atoms with Gasteiger partial charge in [-0.05, 0) is 83.9 Å². The molecule has 0 bridgehead atoms. The topological polar surface area (TPSA) is 144 Å². The maximum atomic E-state index is 13.0. The molecule has 1 aliphatic rings. The third-order valence-corrected chi connectivity index (χ3v) is 7.80. The molecule has 5 rings (SSSR count). The van der Waals surface area contributed by atoms with E-state index < -0.39 is 18.0 Å². The predicted molar refractivity (Wildman–Crippen MR) is 150 cm³/mol. The van der Waals surface area contributed by atoms with E-state index in [1.54, 1.807) is 37.4 Å². The number of fused-ring (bicyclic) bond motifs is 1. The van der Waals surface area contributed by atoms with Crippen molar-refractivity contribution in [3.05, 3.63) is 81.9 Å². The summed E-state index contributed by atoms with van der Waals surface area (Å²) in [6, 6.07) is 16.5. The molecular formula is C27H23BClN3O6S. The van der Waals surface area contributed by atoms with Crippen LogP contribution in [-0.2, 0) is 17.4 Å². The Balaban J connectivity index is 1.64. The first-order valence-corrected chi connectivity index (χ1v) is 13.6. The molecule has 0 saturated heterocycles. The summed E-state index contributed by atoms with van der Waals surface area (Å²) in [6.45, 7) is -0.0430. The molecule has 3 N–H and O–H groups in total. The molecule has 3 aromatic carbocycles. The number of halogens is 1. The molecule has 0 atom stereocenters. The van der Waals surface area contributed by atoms with E-state index in [9.17, 15) is 28.5 Å². The first kappa shape index (κ1) is 26.8. The molecular weight excluding hydrogens is 541 g/mol. The van der Waals surface area contributed by atoms with Crippen molar-refractivity contribution in [1.29, 1.82) is 5.26 Å². The average Bonchev–Trinajstić information content (AvgIpc) is 3.71. The molecule has 1 amide bonds. The van der Waals surface area contributed by atoms with Gasteiger partial charge in [-0.3, -0.25) is 9.10 Å². The highest BCUT2D eigenvalue weighted by Crippen LogP contribution is 2.45. The lowest BCUT2D eigenvalue weighted by Crippen LogP contribution is -2.33. The molecule has 9 nitrogen and oxygen atoms in total. The van der Waals surface area contributed by atoms with Crippen LogP contribution in [0.4, 0.5) is 5.69 Å². The molecule has 4 aromatic rings. The van der Waals surface area contributed by atoms with Crippen LogP contribution in [0.1, 0.15) is 45.8 Å². The number of hydrogen-bond donors (Lipinski definition) is 4. The molecule has 39 heavy (non-hydrogen) atoms. The zero-order valence-corrected chi connectivity index (χ0v) is 22.4. The second-order valence-electron chi connectivity index (χ2n) is 9.27. The van der Waals surface area contributed by atoms with Crippen LogP contribution in [0.15, 0.2) is 59.0 Å². The summed E-state index contributed by atoms with van der Waals surface area (Å²) in [7, 11) is -3.44. The molecule has 1 saturated carbocycles. The Morgan fingerprint density at radius 3 is 2.49 bits per heavy atom. The molecule has 0 unspecified atom stereocenters. The maximum absolute atomic E-state index is 13.0. The minimum absolute atomic E-state index is 0.0190. The van der Waals surface area contributed by atoms with Crippen molar-refractivity contribution in [3.8, 4) is 17.4 Å². The lowest BCUT2D eigenvalue weighted by molar-refractivity contribution is 0.0964. The third-order valence-electron chi connectivity index (χ3n) is 6.78. The Hall–Kier alpha value is -3.82. The number of hydrogen-bond acceptors (Lipinski definition) is 7. The zero-order chi connectivity index (χ0) is 27.8. The molecule has 0 aliphatic heterocycles. The molecule has 1 aromatic heterocycles. The molecule has 198 valence electrons. The summed E-state index contributed by atoms with van der Waals surface area (Å²) >= 11 is 6.05. The van der Waals surface area contributed by atoms with Gasteiger partial charge in [0.15, 0.2) is 0 Å². The largest absolute Gasteiger partial charge is 0.489 e.